The van der Waals surface area contributed by atoms with Crippen LogP contribution in [0.25, 0.3) is 0 Å². The molecule has 142 valence electrons. The van der Waals surface area contributed by atoms with Crippen LogP contribution in [-0.4, -0.2) is 23.5 Å². The molecule has 5 N–H and O–H groups in total. The van der Waals surface area contributed by atoms with Gasteiger partial charge in [-0.1, -0.05) is 13.0 Å². The van der Waals surface area contributed by atoms with Crippen LogP contribution in [0.4, 0.5) is 5.69 Å². The van der Waals surface area contributed by atoms with Gasteiger partial charge in [0.05, 0.1) is 6.61 Å². The fraction of sp³-hybridized carbons (Fsp3) is 0.333. The van der Waals surface area contributed by atoms with Crippen LogP contribution in [0.3, 0.4) is 0 Å². The van der Waals surface area contributed by atoms with Gasteiger partial charge in [0.2, 0.25) is 0 Å². The van der Waals surface area contributed by atoms with Gasteiger partial charge in [0.15, 0.2) is 6.04 Å². The van der Waals surface area contributed by atoms with Crippen LogP contribution >= 0.6 is 0 Å². The van der Waals surface area contributed by atoms with E-state index in [1.54, 1.807) is 24.3 Å². The highest BCUT2D eigenvalue weighted by Crippen LogP contribution is 2.33. The van der Waals surface area contributed by atoms with E-state index in [2.05, 4.69) is 5.32 Å². The topological polar surface area (TPSA) is 108 Å². The highest BCUT2D eigenvalue weighted by molar-refractivity contribution is 5.95. The maximum absolute atomic E-state index is 12.0. The third-order valence-electron chi connectivity index (χ3n) is 4.72. The zero-order chi connectivity index (χ0) is 19.4. The Morgan fingerprint density at radius 2 is 2.00 bits per heavy atom. The van der Waals surface area contributed by atoms with Gasteiger partial charge in [0.25, 0.3) is 0 Å². The predicted molar refractivity (Wildman–Crippen MR) is 105 cm³/mol. The average molecular weight is 367 g/mol. The lowest BCUT2D eigenvalue weighted by Crippen LogP contribution is -2.22. The number of amidine groups is 1. The van der Waals surface area contributed by atoms with Crippen molar-refractivity contribution in [1.29, 1.82) is 5.41 Å². The number of carboxylic acids is 1. The quantitative estimate of drug-likeness (QED) is 0.400. The van der Waals surface area contributed by atoms with Crippen molar-refractivity contribution in [1.82, 2.24) is 0 Å². The molecule has 0 radical (unpaired) electrons. The van der Waals surface area contributed by atoms with Crippen LogP contribution in [0.1, 0.15) is 42.5 Å². The largest absolute Gasteiger partial charge is 0.493 e. The summed E-state index contributed by atoms with van der Waals surface area (Å²) in [5, 5.41) is 20.4. The van der Waals surface area contributed by atoms with Crippen LogP contribution in [0.5, 0.6) is 5.75 Å². The SMILES string of the molecule is CCc1ccc(OCC2CC2)c(C(Nc2ccc(C(=N)N)cc2)C(=O)O)c1. The van der Waals surface area contributed by atoms with Crippen LogP contribution in [0.2, 0.25) is 0 Å². The number of benzene rings is 2. The molecule has 1 aliphatic rings. The lowest BCUT2D eigenvalue weighted by Gasteiger charge is -2.21. The molecule has 0 amide bonds. The number of carboxylic acid groups (broad SMARTS) is 1. The maximum Gasteiger partial charge on any atom is 0.330 e. The van der Waals surface area contributed by atoms with Crippen molar-refractivity contribution in [2.24, 2.45) is 11.7 Å². The first-order valence-electron chi connectivity index (χ1n) is 9.17. The fourth-order valence-corrected chi connectivity index (χ4v) is 2.85. The summed E-state index contributed by atoms with van der Waals surface area (Å²) >= 11 is 0. The normalized spacial score (nSPS) is 14.4. The molecule has 0 bridgehead atoms. The van der Waals surface area contributed by atoms with E-state index in [1.807, 2.05) is 25.1 Å². The number of nitrogen functional groups attached to an aromatic ring is 1. The second-order valence-corrected chi connectivity index (χ2v) is 6.89. The molecule has 6 nitrogen and oxygen atoms in total. The zero-order valence-corrected chi connectivity index (χ0v) is 15.4. The van der Waals surface area contributed by atoms with Gasteiger partial charge in [-0.2, -0.15) is 0 Å². The standard InChI is InChI=1S/C21H25N3O3/c1-2-13-5-10-18(27-12-14-3-4-14)17(11-13)19(21(25)26)24-16-8-6-15(7-9-16)20(22)23/h5-11,14,19,24H,2-4,12H2,1H3,(H3,22,23)(H,25,26). The van der Waals surface area contributed by atoms with Gasteiger partial charge < -0.3 is 20.9 Å². The number of nitrogens with one attached hydrogen (secondary N) is 2. The molecule has 2 aromatic rings. The third-order valence-corrected chi connectivity index (χ3v) is 4.72. The third kappa shape index (κ3) is 4.78. The zero-order valence-electron chi connectivity index (χ0n) is 15.4. The van der Waals surface area contributed by atoms with Crippen LogP contribution in [0, 0.1) is 11.3 Å². The van der Waals surface area contributed by atoms with Crippen molar-refractivity contribution in [2.75, 3.05) is 11.9 Å². The Morgan fingerprint density at radius 3 is 2.56 bits per heavy atom. The molecule has 6 heteroatoms. The molecule has 0 spiro atoms. The number of ether oxygens (including phenoxy) is 1. The summed E-state index contributed by atoms with van der Waals surface area (Å²) in [5.74, 6) is 0.191. The summed E-state index contributed by atoms with van der Waals surface area (Å²) in [4.78, 5) is 12.0. The van der Waals surface area contributed by atoms with Crippen molar-refractivity contribution >= 4 is 17.5 Å². The van der Waals surface area contributed by atoms with E-state index in [1.165, 1.54) is 12.8 Å². The van der Waals surface area contributed by atoms with Gasteiger partial charge in [0, 0.05) is 16.8 Å². The lowest BCUT2D eigenvalue weighted by atomic mass is 10.0. The van der Waals surface area contributed by atoms with Gasteiger partial charge >= 0.3 is 5.97 Å². The van der Waals surface area contributed by atoms with Crippen LogP contribution < -0.4 is 15.8 Å². The summed E-state index contributed by atoms with van der Waals surface area (Å²) in [6.07, 6.45) is 3.16. The van der Waals surface area contributed by atoms with Crippen LogP contribution in [0.15, 0.2) is 42.5 Å². The molecule has 27 heavy (non-hydrogen) atoms. The Morgan fingerprint density at radius 1 is 1.30 bits per heavy atom. The summed E-state index contributed by atoms with van der Waals surface area (Å²) < 4.78 is 5.93. The molecule has 0 aliphatic heterocycles. The smallest absolute Gasteiger partial charge is 0.330 e. The average Bonchev–Trinajstić information content (AvgIpc) is 3.49. The van der Waals surface area contributed by atoms with Crippen molar-refractivity contribution in [3.63, 3.8) is 0 Å². The van der Waals surface area contributed by atoms with Crippen molar-refractivity contribution in [3.8, 4) is 5.75 Å². The molecule has 3 rings (SSSR count). The molecule has 1 unspecified atom stereocenters. The Labute approximate surface area is 158 Å². The number of aliphatic carboxylic acids is 1. The van der Waals surface area contributed by atoms with Gasteiger partial charge in [-0.15, -0.1) is 0 Å². The summed E-state index contributed by atoms with van der Waals surface area (Å²) in [5.41, 5.74) is 8.39. The van der Waals surface area contributed by atoms with Gasteiger partial charge in [-0.3, -0.25) is 5.41 Å². The monoisotopic (exact) mass is 367 g/mol. The van der Waals surface area contributed by atoms with Crippen molar-refractivity contribution in [2.45, 2.75) is 32.2 Å². The first kappa shape index (κ1) is 18.8. The molecule has 0 aromatic heterocycles. The Hall–Kier alpha value is -3.02. The highest BCUT2D eigenvalue weighted by atomic mass is 16.5. The van der Waals surface area contributed by atoms with Crippen molar-refractivity contribution < 1.29 is 14.6 Å². The van der Waals surface area contributed by atoms with E-state index in [9.17, 15) is 9.90 Å². The van der Waals surface area contributed by atoms with E-state index in [-0.39, 0.29) is 5.84 Å². The van der Waals surface area contributed by atoms with E-state index in [4.69, 9.17) is 15.9 Å². The molecular weight excluding hydrogens is 342 g/mol. The number of carbonyl (C=O) groups is 1. The van der Waals surface area contributed by atoms with E-state index in [0.29, 0.717) is 35.1 Å². The molecular formula is C21H25N3O3. The number of anilines is 1. The van der Waals surface area contributed by atoms with Gasteiger partial charge in [0.1, 0.15) is 11.6 Å². The fourth-order valence-electron chi connectivity index (χ4n) is 2.85. The minimum atomic E-state index is -0.977. The number of aryl methyl sites for hydroxylation is 1. The minimum absolute atomic E-state index is 0.0252. The summed E-state index contributed by atoms with van der Waals surface area (Å²) in [6.45, 7) is 2.66. The van der Waals surface area contributed by atoms with E-state index >= 15 is 0 Å². The lowest BCUT2D eigenvalue weighted by molar-refractivity contribution is -0.138. The Kier molecular flexibility index (Phi) is 5.64. The van der Waals surface area contributed by atoms with Gasteiger partial charge in [-0.05, 0) is 67.1 Å². The Balaban J connectivity index is 1.87. The first-order valence-corrected chi connectivity index (χ1v) is 9.17. The summed E-state index contributed by atoms with van der Waals surface area (Å²) in [6, 6.07) is 11.6. The van der Waals surface area contributed by atoms with Gasteiger partial charge in [-0.25, -0.2) is 4.79 Å². The molecule has 1 fully saturated rings. The van der Waals surface area contributed by atoms with E-state index in [0.717, 1.165) is 12.0 Å². The second-order valence-electron chi connectivity index (χ2n) is 6.89. The second kappa shape index (κ2) is 8.12. The first-order chi connectivity index (χ1) is 13.0. The molecule has 0 heterocycles. The highest BCUT2D eigenvalue weighted by Gasteiger charge is 2.26. The predicted octanol–water partition coefficient (Wildman–Crippen LogP) is 3.56. The molecule has 1 aliphatic carbocycles. The van der Waals surface area contributed by atoms with Crippen molar-refractivity contribution in [3.05, 3.63) is 59.2 Å². The summed E-state index contributed by atoms with van der Waals surface area (Å²) in [7, 11) is 0. The Bertz CT molecular complexity index is 829. The molecule has 1 saturated carbocycles. The molecule has 2 aromatic carbocycles. The number of hydrogen-bond donors (Lipinski definition) is 4. The molecule has 1 atom stereocenters. The number of nitrogens with two attached hydrogens (primary N) is 1. The van der Waals surface area contributed by atoms with Crippen LogP contribution in [-0.2, 0) is 11.2 Å². The molecule has 0 saturated heterocycles. The minimum Gasteiger partial charge on any atom is -0.493 e. The number of rotatable bonds is 9. The number of hydrogen-bond acceptors (Lipinski definition) is 4. The maximum atomic E-state index is 12.0. The van der Waals surface area contributed by atoms with E-state index < -0.39 is 12.0 Å².